The molecule has 4 nitrogen and oxygen atoms in total. The number of benzene rings is 1. The summed E-state index contributed by atoms with van der Waals surface area (Å²) in [6.07, 6.45) is 1.10. The fourth-order valence-corrected chi connectivity index (χ4v) is 4.21. The minimum atomic E-state index is -1.16. The van der Waals surface area contributed by atoms with Crippen LogP contribution in [0.5, 0.6) is 0 Å². The fourth-order valence-electron chi connectivity index (χ4n) is 3.04. The summed E-state index contributed by atoms with van der Waals surface area (Å²) >= 11 is 1.79. The summed E-state index contributed by atoms with van der Waals surface area (Å²) < 4.78 is 13.0. The van der Waals surface area contributed by atoms with E-state index in [2.05, 4.69) is 4.90 Å². The van der Waals surface area contributed by atoms with Gasteiger partial charge in [-0.1, -0.05) is 0 Å². The number of anilines is 1. The number of hydrogen-bond acceptors (Lipinski definition) is 4. The molecule has 1 aromatic carbocycles. The molecular weight excluding hydrogens is 303 g/mol. The monoisotopic (exact) mass is 324 g/mol. The number of amides is 1. The summed E-state index contributed by atoms with van der Waals surface area (Å²) in [7, 11) is 0. The van der Waals surface area contributed by atoms with Gasteiger partial charge in [0.1, 0.15) is 11.4 Å². The van der Waals surface area contributed by atoms with Crippen molar-refractivity contribution in [1.29, 1.82) is 0 Å². The standard InChI is InChI=1S/C16H21FN2O2S/c17-13-1-3-14(4-2-13)18-7-9-19(10-8-18)15(20)16(21)5-11-22-12-6-16/h1-4,21H,5-12H2. The van der Waals surface area contributed by atoms with E-state index in [1.54, 1.807) is 28.8 Å². The molecule has 0 atom stereocenters. The zero-order valence-electron chi connectivity index (χ0n) is 12.5. The molecule has 3 rings (SSSR count). The van der Waals surface area contributed by atoms with E-state index in [1.165, 1.54) is 12.1 Å². The molecule has 2 saturated heterocycles. The second kappa shape index (κ2) is 6.46. The zero-order valence-corrected chi connectivity index (χ0v) is 13.3. The van der Waals surface area contributed by atoms with Crippen LogP contribution in [0.1, 0.15) is 12.8 Å². The van der Waals surface area contributed by atoms with Crippen LogP contribution in [0.15, 0.2) is 24.3 Å². The average Bonchev–Trinajstić information content (AvgIpc) is 2.56. The number of hydrogen-bond donors (Lipinski definition) is 1. The van der Waals surface area contributed by atoms with E-state index in [-0.39, 0.29) is 11.7 Å². The lowest BCUT2D eigenvalue weighted by atomic mass is 9.94. The minimum Gasteiger partial charge on any atom is -0.380 e. The maximum atomic E-state index is 13.0. The lowest BCUT2D eigenvalue weighted by molar-refractivity contribution is -0.152. The molecule has 2 heterocycles. The smallest absolute Gasteiger partial charge is 0.254 e. The van der Waals surface area contributed by atoms with Crippen molar-refractivity contribution in [2.24, 2.45) is 0 Å². The predicted octanol–water partition coefficient (Wildman–Crippen LogP) is 1.73. The number of aliphatic hydroxyl groups is 1. The van der Waals surface area contributed by atoms with Gasteiger partial charge in [-0.3, -0.25) is 4.79 Å². The molecule has 0 spiro atoms. The third-order valence-electron chi connectivity index (χ3n) is 4.48. The molecule has 0 aromatic heterocycles. The number of carbonyl (C=O) groups excluding carboxylic acids is 1. The first-order valence-corrected chi connectivity index (χ1v) is 8.84. The van der Waals surface area contributed by atoms with E-state index in [0.29, 0.717) is 39.0 Å². The Morgan fingerprint density at radius 2 is 1.68 bits per heavy atom. The number of nitrogens with zero attached hydrogens (tertiary/aromatic N) is 2. The highest BCUT2D eigenvalue weighted by molar-refractivity contribution is 7.99. The van der Waals surface area contributed by atoms with Crippen molar-refractivity contribution < 1.29 is 14.3 Å². The first kappa shape index (κ1) is 15.6. The Kier molecular flexibility index (Phi) is 4.59. The molecule has 1 aromatic rings. The van der Waals surface area contributed by atoms with Crippen LogP contribution >= 0.6 is 11.8 Å². The van der Waals surface area contributed by atoms with Crippen molar-refractivity contribution in [2.45, 2.75) is 18.4 Å². The molecule has 0 aliphatic carbocycles. The van der Waals surface area contributed by atoms with E-state index < -0.39 is 5.60 Å². The minimum absolute atomic E-state index is 0.119. The highest BCUT2D eigenvalue weighted by Crippen LogP contribution is 2.29. The van der Waals surface area contributed by atoms with Gasteiger partial charge in [0, 0.05) is 31.9 Å². The quantitative estimate of drug-likeness (QED) is 0.900. The van der Waals surface area contributed by atoms with Gasteiger partial charge >= 0.3 is 0 Å². The molecule has 1 N–H and O–H groups in total. The van der Waals surface area contributed by atoms with Crippen molar-refractivity contribution in [2.75, 3.05) is 42.6 Å². The average molecular weight is 324 g/mol. The molecule has 2 aliphatic heterocycles. The molecule has 120 valence electrons. The summed E-state index contributed by atoms with van der Waals surface area (Å²) in [5.74, 6) is 1.33. The van der Waals surface area contributed by atoms with Crippen molar-refractivity contribution in [1.82, 2.24) is 4.90 Å². The lowest BCUT2D eigenvalue weighted by Gasteiger charge is -2.40. The van der Waals surface area contributed by atoms with E-state index in [1.807, 2.05) is 0 Å². The second-order valence-corrected chi connectivity index (χ2v) is 7.12. The van der Waals surface area contributed by atoms with Gasteiger partial charge < -0.3 is 14.9 Å². The number of rotatable bonds is 2. The Hall–Kier alpha value is -1.27. The van der Waals surface area contributed by atoms with E-state index in [9.17, 15) is 14.3 Å². The Morgan fingerprint density at radius 3 is 2.27 bits per heavy atom. The molecular formula is C16H21FN2O2S. The van der Waals surface area contributed by atoms with E-state index >= 15 is 0 Å². The SMILES string of the molecule is O=C(N1CCN(c2ccc(F)cc2)CC1)C1(O)CCSCC1. The van der Waals surface area contributed by atoms with Crippen molar-refractivity contribution in [3.8, 4) is 0 Å². The summed E-state index contributed by atoms with van der Waals surface area (Å²) in [6, 6.07) is 6.43. The largest absolute Gasteiger partial charge is 0.380 e. The zero-order chi connectivity index (χ0) is 15.6. The Morgan fingerprint density at radius 1 is 1.09 bits per heavy atom. The van der Waals surface area contributed by atoms with E-state index in [0.717, 1.165) is 17.2 Å². The van der Waals surface area contributed by atoms with Crippen LogP contribution in [0.4, 0.5) is 10.1 Å². The van der Waals surface area contributed by atoms with E-state index in [4.69, 9.17) is 0 Å². The van der Waals surface area contributed by atoms with Crippen LogP contribution in [0.25, 0.3) is 0 Å². The van der Waals surface area contributed by atoms with Gasteiger partial charge in [0.25, 0.3) is 5.91 Å². The number of halogens is 1. The second-order valence-electron chi connectivity index (χ2n) is 5.90. The van der Waals surface area contributed by atoms with Crippen molar-refractivity contribution in [3.63, 3.8) is 0 Å². The molecule has 2 aliphatic rings. The maximum Gasteiger partial charge on any atom is 0.254 e. The summed E-state index contributed by atoms with van der Waals surface area (Å²) in [5.41, 5.74) is -0.190. The lowest BCUT2D eigenvalue weighted by Crippen LogP contribution is -2.56. The van der Waals surface area contributed by atoms with Gasteiger partial charge in [0.05, 0.1) is 0 Å². The fraction of sp³-hybridized carbons (Fsp3) is 0.562. The summed E-state index contributed by atoms with van der Waals surface area (Å²) in [4.78, 5) is 16.5. The number of carbonyl (C=O) groups is 1. The molecule has 6 heteroatoms. The maximum absolute atomic E-state index is 13.0. The summed E-state index contributed by atoms with van der Waals surface area (Å²) in [6.45, 7) is 2.63. The highest BCUT2D eigenvalue weighted by atomic mass is 32.2. The first-order chi connectivity index (χ1) is 10.6. The van der Waals surface area contributed by atoms with Gasteiger partial charge in [-0.15, -0.1) is 0 Å². The molecule has 2 fully saturated rings. The molecule has 0 saturated carbocycles. The predicted molar refractivity (Wildman–Crippen MR) is 86.7 cm³/mol. The van der Waals surface area contributed by atoms with Gasteiger partial charge in [0.15, 0.2) is 0 Å². The third kappa shape index (κ3) is 3.22. The topological polar surface area (TPSA) is 43.8 Å². The van der Waals surface area contributed by atoms with Gasteiger partial charge in [0.2, 0.25) is 0 Å². The molecule has 0 bridgehead atoms. The van der Waals surface area contributed by atoms with Crippen LogP contribution < -0.4 is 4.90 Å². The Labute approximate surface area is 134 Å². The van der Waals surface area contributed by atoms with Crippen LogP contribution in [-0.2, 0) is 4.79 Å². The number of piperazine rings is 1. The van der Waals surface area contributed by atoms with Crippen molar-refractivity contribution in [3.05, 3.63) is 30.1 Å². The Bertz CT molecular complexity index is 523. The van der Waals surface area contributed by atoms with Gasteiger partial charge in [-0.2, -0.15) is 11.8 Å². The highest BCUT2D eigenvalue weighted by Gasteiger charge is 2.40. The summed E-state index contributed by atoms with van der Waals surface area (Å²) in [5, 5.41) is 10.5. The van der Waals surface area contributed by atoms with Crippen LogP contribution in [0.3, 0.4) is 0 Å². The normalized spacial score (nSPS) is 21.7. The molecule has 0 unspecified atom stereocenters. The molecule has 0 radical (unpaired) electrons. The van der Waals surface area contributed by atoms with Gasteiger partial charge in [-0.25, -0.2) is 4.39 Å². The van der Waals surface area contributed by atoms with Crippen LogP contribution in [0, 0.1) is 5.82 Å². The number of thioether (sulfide) groups is 1. The molecule has 22 heavy (non-hydrogen) atoms. The van der Waals surface area contributed by atoms with Crippen LogP contribution in [-0.4, -0.2) is 59.2 Å². The van der Waals surface area contributed by atoms with Crippen LogP contribution in [0.2, 0.25) is 0 Å². The van der Waals surface area contributed by atoms with Crippen molar-refractivity contribution >= 4 is 23.4 Å². The Balaban J connectivity index is 1.59. The first-order valence-electron chi connectivity index (χ1n) is 7.68. The van der Waals surface area contributed by atoms with Gasteiger partial charge in [-0.05, 0) is 48.6 Å². The third-order valence-corrected chi connectivity index (χ3v) is 5.46. The molecule has 1 amide bonds.